The van der Waals surface area contributed by atoms with Crippen LogP contribution in [0.1, 0.15) is 36.0 Å². The van der Waals surface area contributed by atoms with E-state index in [9.17, 15) is 14.4 Å². The number of benzene rings is 2. The molecule has 1 heterocycles. The van der Waals surface area contributed by atoms with Gasteiger partial charge >= 0.3 is 0 Å². The maximum atomic E-state index is 13.9. The van der Waals surface area contributed by atoms with Gasteiger partial charge in [0.05, 0.1) is 32.9 Å². The van der Waals surface area contributed by atoms with Crippen LogP contribution in [-0.2, 0) is 11.2 Å². The molecular weight excluding hydrogens is 419 g/mol. The Morgan fingerprint density at radius 3 is 2.91 bits per heavy atom. The lowest BCUT2D eigenvalue weighted by molar-refractivity contribution is -0.114. The lowest BCUT2D eigenvalue weighted by atomic mass is 10.0. The first kappa shape index (κ1) is 14.4. The van der Waals surface area contributed by atoms with E-state index in [1.54, 1.807) is 0 Å². The minimum atomic E-state index is -2.48. The van der Waals surface area contributed by atoms with Crippen LogP contribution < -0.4 is 10.1 Å². The monoisotopic (exact) mass is 455 g/mol. The number of halogens is 1. The Balaban J connectivity index is 2.38. The molecule has 1 aromatic heterocycles. The molecule has 0 radical (unpaired) electrons. The van der Waals surface area contributed by atoms with E-state index in [1.165, 1.54) is 39.2 Å². The fourth-order valence-corrected chi connectivity index (χ4v) is 2.87. The second kappa shape index (κ2) is 10.7. The molecular formula is C26H27FN4O2. The first-order chi connectivity index (χ1) is 19.3. The average molecular weight is 456 g/mol. The van der Waals surface area contributed by atoms with E-state index < -0.39 is 67.2 Å². The molecule has 0 bridgehead atoms. The van der Waals surface area contributed by atoms with Gasteiger partial charge in [0.1, 0.15) is 17.6 Å². The zero-order valence-electron chi connectivity index (χ0n) is 27.5. The molecule has 170 valence electrons. The number of carbonyl (C=O) groups excluding carboxylic acids is 1. The lowest BCUT2D eigenvalue weighted by Crippen LogP contribution is -2.11. The molecule has 0 spiro atoms. The molecule has 0 aliphatic carbocycles. The number of hydrogen-bond acceptors (Lipinski definition) is 6. The third-order valence-corrected chi connectivity index (χ3v) is 4.36. The number of ketones is 1. The van der Waals surface area contributed by atoms with Crippen molar-refractivity contribution in [3.05, 3.63) is 71.1 Å². The van der Waals surface area contributed by atoms with Crippen LogP contribution in [0.3, 0.4) is 0 Å². The van der Waals surface area contributed by atoms with E-state index in [0.717, 1.165) is 11.8 Å². The van der Waals surface area contributed by atoms with Gasteiger partial charge in [-0.15, -0.1) is 0 Å². The van der Waals surface area contributed by atoms with Crippen molar-refractivity contribution in [1.29, 1.82) is 5.26 Å². The van der Waals surface area contributed by atoms with Crippen LogP contribution in [0.15, 0.2) is 48.6 Å². The van der Waals surface area contributed by atoms with Gasteiger partial charge in [-0.2, -0.15) is 5.26 Å². The van der Waals surface area contributed by atoms with Gasteiger partial charge in [0, 0.05) is 44.5 Å². The number of nitriles is 1. The molecule has 0 amide bonds. The second-order valence-corrected chi connectivity index (χ2v) is 7.12. The normalized spacial score (nSPS) is 16.6. The predicted octanol–water partition coefficient (Wildman–Crippen LogP) is 4.93. The van der Waals surface area contributed by atoms with Crippen molar-refractivity contribution in [3.63, 3.8) is 0 Å². The van der Waals surface area contributed by atoms with Crippen molar-refractivity contribution >= 4 is 28.1 Å². The molecule has 3 aromatic rings. The summed E-state index contributed by atoms with van der Waals surface area (Å²) in [6.07, 6.45) is -1.44. The van der Waals surface area contributed by atoms with E-state index in [0.29, 0.717) is 0 Å². The minimum absolute atomic E-state index is 0.150. The first-order valence-corrected chi connectivity index (χ1v) is 9.79. The average Bonchev–Trinajstić information content (AvgIpc) is 2.89. The van der Waals surface area contributed by atoms with Crippen molar-refractivity contribution < 1.29 is 26.3 Å². The zero-order chi connectivity index (χ0) is 31.9. The Kier molecular flexibility index (Phi) is 4.67. The molecule has 0 saturated heterocycles. The van der Waals surface area contributed by atoms with Crippen LogP contribution in [0.5, 0.6) is 5.75 Å². The number of rotatable bonds is 9. The van der Waals surface area contributed by atoms with Crippen molar-refractivity contribution in [2.24, 2.45) is 0 Å². The molecule has 0 saturated carbocycles. The van der Waals surface area contributed by atoms with Gasteiger partial charge < -0.3 is 15.0 Å². The quantitative estimate of drug-likeness (QED) is 0.461. The van der Waals surface area contributed by atoms with Crippen molar-refractivity contribution in [3.8, 4) is 11.8 Å². The highest BCUT2D eigenvalue weighted by molar-refractivity contribution is 5.98. The number of ether oxygens (including phenoxy) is 1. The molecule has 0 aliphatic rings. The smallest absolute Gasteiger partial charge is 0.159 e. The van der Waals surface area contributed by atoms with Crippen molar-refractivity contribution in [2.45, 2.75) is 20.3 Å². The summed E-state index contributed by atoms with van der Waals surface area (Å²) in [6, 6.07) is 2.63. The van der Waals surface area contributed by atoms with E-state index in [2.05, 4.69) is 10.3 Å². The maximum Gasteiger partial charge on any atom is 0.159 e. The van der Waals surface area contributed by atoms with Gasteiger partial charge in [0.2, 0.25) is 0 Å². The van der Waals surface area contributed by atoms with E-state index in [4.69, 9.17) is 17.1 Å². The van der Waals surface area contributed by atoms with Crippen LogP contribution in [-0.4, -0.2) is 42.8 Å². The van der Waals surface area contributed by atoms with E-state index >= 15 is 0 Å². The van der Waals surface area contributed by atoms with Crippen LogP contribution >= 0.6 is 0 Å². The SMILES string of the molecule is [2H]/C(C(=O)Cc1c(OC([2H])([2H])C)c([2H])c2nc([2H])c(C#N)c(Nc3ccc(F)c(C)c3)c2c1[2H])=C(/[2H])C([2H])([2H])N(C)C. The highest BCUT2D eigenvalue weighted by atomic mass is 19.1. The van der Waals surface area contributed by atoms with Crippen LogP contribution in [0.2, 0.25) is 0 Å². The summed E-state index contributed by atoms with van der Waals surface area (Å²) in [4.78, 5) is 18.1. The first-order valence-electron chi connectivity index (χ1n) is 14.3. The standard InChI is InChI=1S/C26H27FN4O2/c1-5-33-25-14-24-22(13-18(25)12-21(32)7-6-10-31(3)4)26(19(15-28)16-29-24)30-20-8-9-23(27)17(2)11-20/h6-9,11,13-14,16H,5,10,12H2,1-4H3,(H,29,30)/b7-6+/i5D2,6D,7D,10D2,13D,14D,16D. The number of nitrogens with zero attached hydrogens (tertiary/aromatic N) is 3. The summed E-state index contributed by atoms with van der Waals surface area (Å²) in [5.74, 6) is -2.20. The minimum Gasteiger partial charge on any atom is -0.494 e. The molecule has 0 atom stereocenters. The molecule has 0 fully saturated rings. The summed E-state index contributed by atoms with van der Waals surface area (Å²) < 4.78 is 93.3. The van der Waals surface area contributed by atoms with E-state index in [1.807, 2.05) is 6.07 Å². The summed E-state index contributed by atoms with van der Waals surface area (Å²) in [6.45, 7) is -2.39. The zero-order valence-corrected chi connectivity index (χ0v) is 18.5. The highest BCUT2D eigenvalue weighted by Gasteiger charge is 2.16. The van der Waals surface area contributed by atoms with Gasteiger partial charge in [0.15, 0.2) is 5.78 Å². The summed E-state index contributed by atoms with van der Waals surface area (Å²) >= 11 is 0. The third-order valence-electron chi connectivity index (χ3n) is 4.36. The number of aryl methyl sites for hydroxylation is 1. The van der Waals surface area contributed by atoms with Crippen molar-refractivity contribution in [1.82, 2.24) is 9.88 Å². The number of anilines is 2. The Morgan fingerprint density at radius 2 is 2.24 bits per heavy atom. The third kappa shape index (κ3) is 5.93. The summed E-state index contributed by atoms with van der Waals surface area (Å²) in [5, 5.41) is 12.5. The second-order valence-electron chi connectivity index (χ2n) is 7.12. The fourth-order valence-electron chi connectivity index (χ4n) is 2.87. The number of pyridine rings is 1. The molecule has 2 aromatic carbocycles. The molecule has 33 heavy (non-hydrogen) atoms. The Morgan fingerprint density at radius 1 is 1.45 bits per heavy atom. The number of hydrogen-bond donors (Lipinski definition) is 1. The highest BCUT2D eigenvalue weighted by Crippen LogP contribution is 2.34. The predicted molar refractivity (Wildman–Crippen MR) is 128 cm³/mol. The van der Waals surface area contributed by atoms with Crippen LogP contribution in [0, 0.1) is 24.1 Å². The number of nitrogens with one attached hydrogen (secondary N) is 1. The number of aromatic nitrogens is 1. The summed E-state index contributed by atoms with van der Waals surface area (Å²) in [7, 11) is 2.63. The Hall–Kier alpha value is -3.76. The van der Waals surface area contributed by atoms with E-state index in [-0.39, 0.29) is 39.0 Å². The summed E-state index contributed by atoms with van der Waals surface area (Å²) in [5.41, 5.74) is -0.667. The van der Waals surface area contributed by atoms with Gasteiger partial charge in [-0.25, -0.2) is 4.39 Å². The largest absolute Gasteiger partial charge is 0.494 e. The van der Waals surface area contributed by atoms with Crippen LogP contribution in [0.4, 0.5) is 15.8 Å². The topological polar surface area (TPSA) is 78.2 Å². The number of likely N-dealkylation sites (N-methyl/N-ethyl adjacent to an activating group) is 1. The molecule has 0 unspecified atom stereocenters. The number of carbonyl (C=O) groups is 1. The fraction of sp³-hybridized carbons (Fsp3) is 0.269. The molecule has 3 rings (SSSR count). The van der Waals surface area contributed by atoms with Gasteiger partial charge in [-0.1, -0.05) is 6.05 Å². The van der Waals surface area contributed by atoms with Gasteiger partial charge in [-0.05, 0) is 63.8 Å². The maximum absolute atomic E-state index is 13.9. The molecule has 6 nitrogen and oxygen atoms in total. The van der Waals surface area contributed by atoms with Crippen molar-refractivity contribution in [2.75, 3.05) is 32.5 Å². The molecule has 0 aliphatic heterocycles. The Labute approximate surface area is 206 Å². The van der Waals surface area contributed by atoms with Gasteiger partial charge in [0.25, 0.3) is 0 Å². The van der Waals surface area contributed by atoms with Gasteiger partial charge in [-0.3, -0.25) is 9.78 Å². The van der Waals surface area contributed by atoms with Crippen LogP contribution in [0.25, 0.3) is 10.9 Å². The lowest BCUT2D eigenvalue weighted by Gasteiger charge is -2.15. The number of allylic oxidation sites excluding steroid dienone is 1. The molecule has 1 N–H and O–H groups in total. The Bertz CT molecular complexity index is 1660. The molecule has 7 heteroatoms. The number of fused-ring (bicyclic) bond motifs is 1.